The standard InChI is InChI=1S/C17H18ClNO3/c1-11(2)6-8-22-16-10-13(4-5-15(16)18)19-17(20)14-7-9-21-12(14)3/h4-7,9-10H,8H2,1-3H3,(H,19,20). The average molecular weight is 320 g/mol. The van der Waals surface area contributed by atoms with Gasteiger partial charge in [0.1, 0.15) is 18.1 Å². The maximum atomic E-state index is 12.1. The summed E-state index contributed by atoms with van der Waals surface area (Å²) in [7, 11) is 0. The second-order valence-corrected chi connectivity index (χ2v) is 5.49. The number of amides is 1. The van der Waals surface area contributed by atoms with Crippen LogP contribution < -0.4 is 10.1 Å². The van der Waals surface area contributed by atoms with Crippen molar-refractivity contribution in [3.63, 3.8) is 0 Å². The maximum Gasteiger partial charge on any atom is 0.259 e. The second kappa shape index (κ2) is 7.18. The molecule has 0 saturated carbocycles. The Morgan fingerprint density at radius 3 is 2.77 bits per heavy atom. The minimum atomic E-state index is -0.233. The van der Waals surface area contributed by atoms with Crippen LogP contribution in [0.4, 0.5) is 5.69 Å². The molecule has 0 aliphatic rings. The molecule has 116 valence electrons. The first-order valence-corrected chi connectivity index (χ1v) is 7.26. The lowest BCUT2D eigenvalue weighted by Crippen LogP contribution is -2.12. The molecule has 5 heteroatoms. The number of carbonyl (C=O) groups is 1. The Morgan fingerprint density at radius 1 is 1.36 bits per heavy atom. The number of allylic oxidation sites excluding steroid dienone is 1. The molecule has 2 rings (SSSR count). The van der Waals surface area contributed by atoms with Gasteiger partial charge in [0.2, 0.25) is 0 Å². The topological polar surface area (TPSA) is 51.5 Å². The molecule has 1 N–H and O–H groups in total. The molecule has 0 fully saturated rings. The van der Waals surface area contributed by atoms with Crippen molar-refractivity contribution in [3.05, 3.63) is 58.5 Å². The molecule has 0 saturated heterocycles. The zero-order valence-corrected chi connectivity index (χ0v) is 13.5. The second-order valence-electron chi connectivity index (χ2n) is 5.08. The molecular formula is C17H18ClNO3. The lowest BCUT2D eigenvalue weighted by atomic mass is 10.2. The quantitative estimate of drug-likeness (QED) is 0.802. The third-order valence-electron chi connectivity index (χ3n) is 3.02. The van der Waals surface area contributed by atoms with Gasteiger partial charge in [0.15, 0.2) is 0 Å². The number of furan rings is 1. The molecule has 22 heavy (non-hydrogen) atoms. The van der Waals surface area contributed by atoms with Gasteiger partial charge in [-0.15, -0.1) is 0 Å². The van der Waals surface area contributed by atoms with Crippen LogP contribution in [0.25, 0.3) is 0 Å². The number of hydrogen-bond acceptors (Lipinski definition) is 3. The molecule has 1 aromatic heterocycles. The van der Waals surface area contributed by atoms with Gasteiger partial charge < -0.3 is 14.5 Å². The van der Waals surface area contributed by atoms with Gasteiger partial charge in [-0.25, -0.2) is 0 Å². The van der Waals surface area contributed by atoms with Gasteiger partial charge >= 0.3 is 0 Å². The number of aryl methyl sites for hydroxylation is 1. The Labute approximate surface area is 134 Å². The molecular weight excluding hydrogens is 302 g/mol. The molecule has 0 bridgehead atoms. The normalized spacial score (nSPS) is 10.2. The van der Waals surface area contributed by atoms with E-state index in [0.29, 0.717) is 34.4 Å². The summed E-state index contributed by atoms with van der Waals surface area (Å²) in [5.74, 6) is 0.871. The summed E-state index contributed by atoms with van der Waals surface area (Å²) in [6.45, 7) is 6.16. The van der Waals surface area contributed by atoms with Crippen molar-refractivity contribution in [1.82, 2.24) is 0 Å². The summed E-state index contributed by atoms with van der Waals surface area (Å²) >= 11 is 6.10. The monoisotopic (exact) mass is 319 g/mol. The molecule has 0 unspecified atom stereocenters. The van der Waals surface area contributed by atoms with Gasteiger partial charge in [0, 0.05) is 11.8 Å². The zero-order chi connectivity index (χ0) is 16.1. The number of rotatable bonds is 5. The fraction of sp³-hybridized carbons (Fsp3) is 0.235. The van der Waals surface area contributed by atoms with Crippen molar-refractivity contribution in [2.75, 3.05) is 11.9 Å². The maximum absolute atomic E-state index is 12.1. The van der Waals surface area contributed by atoms with E-state index in [2.05, 4.69) is 5.32 Å². The summed E-state index contributed by atoms with van der Waals surface area (Å²) in [4.78, 5) is 12.1. The van der Waals surface area contributed by atoms with Crippen LogP contribution >= 0.6 is 11.6 Å². The van der Waals surface area contributed by atoms with E-state index in [1.165, 1.54) is 6.26 Å². The molecule has 1 heterocycles. The number of hydrogen-bond donors (Lipinski definition) is 1. The lowest BCUT2D eigenvalue weighted by Gasteiger charge is -2.10. The molecule has 0 radical (unpaired) electrons. The van der Waals surface area contributed by atoms with Crippen LogP contribution in [0.3, 0.4) is 0 Å². The van der Waals surface area contributed by atoms with Gasteiger partial charge in [-0.05, 0) is 45.0 Å². The number of carbonyl (C=O) groups excluding carboxylic acids is 1. The summed E-state index contributed by atoms with van der Waals surface area (Å²) < 4.78 is 10.7. The molecule has 1 aromatic carbocycles. The predicted molar refractivity (Wildman–Crippen MR) is 87.8 cm³/mol. The van der Waals surface area contributed by atoms with Crippen molar-refractivity contribution < 1.29 is 13.9 Å². The fourth-order valence-corrected chi connectivity index (χ4v) is 1.98. The minimum Gasteiger partial charge on any atom is -0.488 e. The molecule has 2 aromatic rings. The van der Waals surface area contributed by atoms with Crippen molar-refractivity contribution in [3.8, 4) is 5.75 Å². The highest BCUT2D eigenvalue weighted by atomic mass is 35.5. The summed E-state index contributed by atoms with van der Waals surface area (Å²) in [6.07, 6.45) is 3.44. The molecule has 0 aliphatic heterocycles. The SMILES string of the molecule is CC(C)=CCOc1cc(NC(=O)c2ccoc2C)ccc1Cl. The minimum absolute atomic E-state index is 0.233. The molecule has 0 aliphatic carbocycles. The number of ether oxygens (including phenoxy) is 1. The summed E-state index contributed by atoms with van der Waals surface area (Å²) in [5, 5.41) is 3.30. The number of nitrogens with one attached hydrogen (secondary N) is 1. The third kappa shape index (κ3) is 4.15. The highest BCUT2D eigenvalue weighted by molar-refractivity contribution is 6.32. The first-order chi connectivity index (χ1) is 10.5. The van der Waals surface area contributed by atoms with Crippen LogP contribution in [0.1, 0.15) is 30.0 Å². The molecule has 4 nitrogen and oxygen atoms in total. The summed E-state index contributed by atoms with van der Waals surface area (Å²) in [5.41, 5.74) is 2.28. The van der Waals surface area contributed by atoms with Crippen molar-refractivity contribution >= 4 is 23.2 Å². The Kier molecular flexibility index (Phi) is 5.28. The first-order valence-electron chi connectivity index (χ1n) is 6.88. The van der Waals surface area contributed by atoms with E-state index in [0.717, 1.165) is 5.57 Å². The van der Waals surface area contributed by atoms with E-state index in [1.807, 2.05) is 19.9 Å². The van der Waals surface area contributed by atoms with Gasteiger partial charge in [-0.1, -0.05) is 17.2 Å². The van der Waals surface area contributed by atoms with E-state index in [4.69, 9.17) is 20.8 Å². The Balaban J connectivity index is 2.10. The lowest BCUT2D eigenvalue weighted by molar-refractivity contribution is 0.102. The average Bonchev–Trinajstić information content (AvgIpc) is 2.88. The molecule has 0 atom stereocenters. The van der Waals surface area contributed by atoms with E-state index in [1.54, 1.807) is 31.2 Å². The van der Waals surface area contributed by atoms with Crippen LogP contribution in [0.5, 0.6) is 5.75 Å². The largest absolute Gasteiger partial charge is 0.488 e. The van der Waals surface area contributed by atoms with Gasteiger partial charge in [-0.3, -0.25) is 4.79 Å². The van der Waals surface area contributed by atoms with E-state index >= 15 is 0 Å². The summed E-state index contributed by atoms with van der Waals surface area (Å²) in [6, 6.07) is 6.75. The first kappa shape index (κ1) is 16.2. The van der Waals surface area contributed by atoms with E-state index < -0.39 is 0 Å². The smallest absolute Gasteiger partial charge is 0.259 e. The highest BCUT2D eigenvalue weighted by Crippen LogP contribution is 2.28. The Morgan fingerprint density at radius 2 is 2.14 bits per heavy atom. The van der Waals surface area contributed by atoms with E-state index in [-0.39, 0.29) is 5.91 Å². The third-order valence-corrected chi connectivity index (χ3v) is 3.34. The van der Waals surface area contributed by atoms with Crippen molar-refractivity contribution in [2.24, 2.45) is 0 Å². The van der Waals surface area contributed by atoms with Crippen molar-refractivity contribution in [2.45, 2.75) is 20.8 Å². The van der Waals surface area contributed by atoms with E-state index in [9.17, 15) is 4.79 Å². The highest BCUT2D eigenvalue weighted by Gasteiger charge is 2.12. The van der Waals surface area contributed by atoms with Crippen LogP contribution in [0.15, 0.2) is 46.6 Å². The van der Waals surface area contributed by atoms with Crippen LogP contribution in [0, 0.1) is 6.92 Å². The fourth-order valence-electron chi connectivity index (χ4n) is 1.81. The Bertz CT molecular complexity index is 700. The van der Waals surface area contributed by atoms with Crippen LogP contribution in [0.2, 0.25) is 5.02 Å². The number of halogens is 1. The van der Waals surface area contributed by atoms with Gasteiger partial charge in [0.05, 0.1) is 16.8 Å². The zero-order valence-electron chi connectivity index (χ0n) is 12.8. The van der Waals surface area contributed by atoms with Crippen molar-refractivity contribution in [1.29, 1.82) is 0 Å². The van der Waals surface area contributed by atoms with Gasteiger partial charge in [0.25, 0.3) is 5.91 Å². The van der Waals surface area contributed by atoms with Gasteiger partial charge in [-0.2, -0.15) is 0 Å². The molecule has 0 spiro atoms. The van der Waals surface area contributed by atoms with Crippen LogP contribution in [-0.4, -0.2) is 12.5 Å². The van der Waals surface area contributed by atoms with Crippen LogP contribution in [-0.2, 0) is 0 Å². The number of anilines is 1. The Hall–Kier alpha value is -2.20. The predicted octanol–water partition coefficient (Wildman–Crippen LogP) is 4.84. The number of benzene rings is 1. The molecule has 1 amide bonds.